The van der Waals surface area contributed by atoms with Gasteiger partial charge in [0.05, 0.1) is 15.6 Å². The van der Waals surface area contributed by atoms with E-state index in [1.807, 2.05) is 0 Å². The number of halogens is 2. The lowest BCUT2D eigenvalue weighted by molar-refractivity contribution is 0.421. The Morgan fingerprint density at radius 3 is 2.67 bits per heavy atom. The molecule has 0 aromatic carbocycles. The van der Waals surface area contributed by atoms with Gasteiger partial charge in [0.1, 0.15) is 10.6 Å². The summed E-state index contributed by atoms with van der Waals surface area (Å²) in [6.07, 6.45) is 1.63. The molecule has 0 atom stereocenters. The van der Waals surface area contributed by atoms with Crippen LogP contribution in [0.2, 0.25) is 8.67 Å². The number of nitrogens with one attached hydrogen (secondary N) is 1. The molecule has 2 aromatic heterocycles. The maximum Gasteiger partial charge on any atom is 0.228 e. The van der Waals surface area contributed by atoms with Gasteiger partial charge in [-0.05, 0) is 26.8 Å². The van der Waals surface area contributed by atoms with E-state index in [2.05, 4.69) is 31.1 Å². The number of aromatic nitrogens is 1. The standard InChI is InChI=1S/C12H14Cl2N2OS/c1-12(2,3)15-5-7-6-17-11(16-7)8-4-9(13)18-10(8)14/h4,6,15H,5H2,1-3H3. The van der Waals surface area contributed by atoms with Crippen molar-refractivity contribution in [1.82, 2.24) is 10.3 Å². The topological polar surface area (TPSA) is 38.1 Å². The second-order valence-corrected chi connectivity index (χ2v) is 7.27. The SMILES string of the molecule is CC(C)(C)NCc1coc(-c2cc(Cl)sc2Cl)n1. The molecule has 0 spiro atoms. The molecule has 0 saturated heterocycles. The molecule has 3 nitrogen and oxygen atoms in total. The Morgan fingerprint density at radius 1 is 1.39 bits per heavy atom. The van der Waals surface area contributed by atoms with E-state index < -0.39 is 0 Å². The molecule has 0 aliphatic carbocycles. The van der Waals surface area contributed by atoms with Crippen molar-refractivity contribution in [3.63, 3.8) is 0 Å². The van der Waals surface area contributed by atoms with Crippen LogP contribution in [0.15, 0.2) is 16.7 Å². The summed E-state index contributed by atoms with van der Waals surface area (Å²) in [4.78, 5) is 4.39. The molecule has 1 N–H and O–H groups in total. The van der Waals surface area contributed by atoms with Gasteiger partial charge in [0.25, 0.3) is 0 Å². The molecule has 0 unspecified atom stereocenters. The van der Waals surface area contributed by atoms with E-state index in [0.29, 0.717) is 21.1 Å². The number of hydrogen-bond acceptors (Lipinski definition) is 4. The second-order valence-electron chi connectivity index (χ2n) is 4.99. The fraction of sp³-hybridized carbons (Fsp3) is 0.417. The van der Waals surface area contributed by atoms with Gasteiger partial charge in [0.15, 0.2) is 0 Å². The summed E-state index contributed by atoms with van der Waals surface area (Å²) in [5.41, 5.74) is 1.63. The van der Waals surface area contributed by atoms with Crippen LogP contribution in [0.25, 0.3) is 11.5 Å². The third-order valence-corrected chi connectivity index (χ3v) is 3.73. The van der Waals surface area contributed by atoms with Crippen LogP contribution in [0.3, 0.4) is 0 Å². The van der Waals surface area contributed by atoms with Gasteiger partial charge >= 0.3 is 0 Å². The summed E-state index contributed by atoms with van der Waals surface area (Å²) in [7, 11) is 0. The average molecular weight is 305 g/mol. The number of thiophene rings is 1. The molecule has 6 heteroatoms. The first-order valence-corrected chi connectivity index (χ1v) is 7.07. The highest BCUT2D eigenvalue weighted by molar-refractivity contribution is 7.20. The monoisotopic (exact) mass is 304 g/mol. The summed E-state index contributed by atoms with van der Waals surface area (Å²) < 4.78 is 6.64. The maximum atomic E-state index is 6.06. The van der Waals surface area contributed by atoms with Crippen LogP contribution in [0, 0.1) is 0 Å². The fourth-order valence-electron chi connectivity index (χ4n) is 1.35. The van der Waals surface area contributed by atoms with Crippen molar-refractivity contribution in [2.75, 3.05) is 0 Å². The van der Waals surface area contributed by atoms with Crippen molar-refractivity contribution in [3.05, 3.63) is 26.7 Å². The summed E-state index contributed by atoms with van der Waals surface area (Å²) in [6, 6.07) is 1.77. The number of nitrogens with zero attached hydrogens (tertiary/aromatic N) is 1. The van der Waals surface area contributed by atoms with E-state index in [1.165, 1.54) is 11.3 Å². The van der Waals surface area contributed by atoms with Gasteiger partial charge in [-0.1, -0.05) is 23.2 Å². The number of oxazole rings is 1. The minimum Gasteiger partial charge on any atom is -0.444 e. The zero-order valence-electron chi connectivity index (χ0n) is 10.4. The predicted molar refractivity (Wildman–Crippen MR) is 76.4 cm³/mol. The Kier molecular flexibility index (Phi) is 4.02. The molecule has 18 heavy (non-hydrogen) atoms. The van der Waals surface area contributed by atoms with Crippen molar-refractivity contribution in [2.24, 2.45) is 0 Å². The van der Waals surface area contributed by atoms with E-state index >= 15 is 0 Å². The summed E-state index contributed by atoms with van der Waals surface area (Å²) >= 11 is 13.3. The highest BCUT2D eigenvalue weighted by Crippen LogP contribution is 2.37. The normalized spacial score (nSPS) is 12.1. The van der Waals surface area contributed by atoms with Gasteiger partial charge in [0.2, 0.25) is 5.89 Å². The molecule has 0 radical (unpaired) electrons. The first-order chi connectivity index (χ1) is 8.35. The van der Waals surface area contributed by atoms with Crippen molar-refractivity contribution < 1.29 is 4.42 Å². The Bertz CT molecular complexity index is 543. The van der Waals surface area contributed by atoms with E-state index in [1.54, 1.807) is 12.3 Å². The first kappa shape index (κ1) is 13.9. The number of hydrogen-bond donors (Lipinski definition) is 1. The van der Waals surface area contributed by atoms with Crippen LogP contribution in [0.5, 0.6) is 0 Å². The summed E-state index contributed by atoms with van der Waals surface area (Å²) in [6.45, 7) is 6.96. The quantitative estimate of drug-likeness (QED) is 0.900. The lowest BCUT2D eigenvalue weighted by Gasteiger charge is -2.19. The smallest absolute Gasteiger partial charge is 0.228 e. The van der Waals surface area contributed by atoms with Crippen LogP contribution in [0.1, 0.15) is 26.5 Å². The molecular weight excluding hydrogens is 291 g/mol. The minimum atomic E-state index is 0.0441. The van der Waals surface area contributed by atoms with Gasteiger partial charge in [-0.25, -0.2) is 4.98 Å². The Labute approximate surface area is 120 Å². The minimum absolute atomic E-state index is 0.0441. The molecule has 2 aromatic rings. The van der Waals surface area contributed by atoms with E-state index in [-0.39, 0.29) is 5.54 Å². The van der Waals surface area contributed by atoms with Crippen molar-refractivity contribution in [3.8, 4) is 11.5 Å². The number of rotatable bonds is 3. The van der Waals surface area contributed by atoms with E-state index in [9.17, 15) is 0 Å². The second kappa shape index (κ2) is 5.21. The summed E-state index contributed by atoms with van der Waals surface area (Å²) in [5, 5.41) is 3.34. The Hall–Kier alpha value is -0.550. The highest BCUT2D eigenvalue weighted by Gasteiger charge is 2.15. The molecule has 0 saturated carbocycles. The van der Waals surface area contributed by atoms with Crippen LogP contribution in [-0.4, -0.2) is 10.5 Å². The molecule has 0 aliphatic heterocycles. The molecule has 2 rings (SSSR count). The molecule has 0 fully saturated rings. The van der Waals surface area contributed by atoms with Gasteiger partial charge in [-0.15, -0.1) is 11.3 Å². The molecule has 0 bridgehead atoms. The van der Waals surface area contributed by atoms with Gasteiger partial charge < -0.3 is 9.73 Å². The Morgan fingerprint density at radius 2 is 2.11 bits per heavy atom. The average Bonchev–Trinajstić information content (AvgIpc) is 2.81. The van der Waals surface area contributed by atoms with Crippen LogP contribution >= 0.6 is 34.5 Å². The lowest BCUT2D eigenvalue weighted by atomic mass is 10.1. The van der Waals surface area contributed by atoms with Gasteiger partial charge in [0, 0.05) is 12.1 Å². The molecular formula is C12H14Cl2N2OS. The molecule has 0 aliphatic rings. The predicted octanol–water partition coefficient (Wildman–Crippen LogP) is 4.60. The van der Waals surface area contributed by atoms with Crippen molar-refractivity contribution in [2.45, 2.75) is 32.9 Å². The molecule has 2 heterocycles. The molecule has 0 amide bonds. The van der Waals surface area contributed by atoms with Gasteiger partial charge in [-0.3, -0.25) is 0 Å². The molecule has 98 valence electrons. The van der Waals surface area contributed by atoms with Crippen molar-refractivity contribution >= 4 is 34.5 Å². The van der Waals surface area contributed by atoms with E-state index in [0.717, 1.165) is 11.3 Å². The van der Waals surface area contributed by atoms with E-state index in [4.69, 9.17) is 27.6 Å². The first-order valence-electron chi connectivity index (χ1n) is 5.50. The zero-order valence-corrected chi connectivity index (χ0v) is 12.7. The third kappa shape index (κ3) is 3.48. The van der Waals surface area contributed by atoms with Crippen LogP contribution in [-0.2, 0) is 6.54 Å². The summed E-state index contributed by atoms with van der Waals surface area (Å²) in [5.74, 6) is 0.508. The highest BCUT2D eigenvalue weighted by atomic mass is 35.5. The largest absolute Gasteiger partial charge is 0.444 e. The zero-order chi connectivity index (χ0) is 13.3. The van der Waals surface area contributed by atoms with Crippen LogP contribution in [0.4, 0.5) is 0 Å². The van der Waals surface area contributed by atoms with Crippen LogP contribution < -0.4 is 5.32 Å². The lowest BCUT2D eigenvalue weighted by Crippen LogP contribution is -2.35. The van der Waals surface area contributed by atoms with Crippen molar-refractivity contribution in [1.29, 1.82) is 0 Å². The Balaban J connectivity index is 2.13. The fourth-order valence-corrected chi connectivity index (χ4v) is 2.80. The van der Waals surface area contributed by atoms with Gasteiger partial charge in [-0.2, -0.15) is 0 Å². The third-order valence-electron chi connectivity index (χ3n) is 2.24. The maximum absolute atomic E-state index is 6.06.